The molecule has 0 aliphatic carbocycles. The topological polar surface area (TPSA) is 29.5 Å². The van der Waals surface area contributed by atoms with Crippen molar-refractivity contribution in [2.24, 2.45) is 0 Å². The highest BCUT2D eigenvalue weighted by atomic mass is 32.1. The summed E-state index contributed by atoms with van der Waals surface area (Å²) in [6.45, 7) is 1.91. The Morgan fingerprint density at radius 3 is 2.58 bits per heavy atom. The van der Waals surface area contributed by atoms with Crippen molar-refractivity contribution in [2.75, 3.05) is 11.5 Å². The number of aliphatic hydroxyl groups is 1. The predicted molar refractivity (Wildman–Crippen MR) is 62.0 cm³/mol. The van der Waals surface area contributed by atoms with Gasteiger partial charge in [0.15, 0.2) is 9.76 Å². The second-order valence-electron chi connectivity index (χ2n) is 2.76. The third-order valence-electron chi connectivity index (χ3n) is 1.67. The van der Waals surface area contributed by atoms with Crippen LogP contribution >= 0.6 is 25.3 Å². The highest BCUT2D eigenvalue weighted by molar-refractivity contribution is 7.80. The van der Waals surface area contributed by atoms with Gasteiger partial charge in [-0.05, 0) is 29.9 Å². The van der Waals surface area contributed by atoms with Crippen molar-refractivity contribution in [2.45, 2.75) is 31.6 Å². The van der Waals surface area contributed by atoms with E-state index in [2.05, 4.69) is 25.3 Å². The number of hydrogen-bond acceptors (Lipinski definition) is 4. The summed E-state index contributed by atoms with van der Waals surface area (Å²) in [4.78, 5) is 0. The van der Waals surface area contributed by atoms with Gasteiger partial charge >= 0.3 is 0 Å². The molecule has 0 aromatic rings. The largest absolute Gasteiger partial charge is 0.400 e. The Balaban J connectivity index is 3.43. The fourth-order valence-corrected chi connectivity index (χ4v) is 3.19. The van der Waals surface area contributed by atoms with E-state index in [4.69, 9.17) is 9.53 Å². The first-order chi connectivity index (χ1) is 5.74. The number of rotatable bonds is 7. The van der Waals surface area contributed by atoms with Gasteiger partial charge in [-0.15, -0.1) is 0 Å². The molecule has 0 rings (SSSR count). The lowest BCUT2D eigenvalue weighted by Crippen LogP contribution is -2.18. The molecule has 0 aliphatic rings. The molecule has 0 spiro atoms. The van der Waals surface area contributed by atoms with Crippen LogP contribution in [0.1, 0.15) is 19.8 Å². The first-order valence-electron chi connectivity index (χ1n) is 4.26. The van der Waals surface area contributed by atoms with Crippen molar-refractivity contribution in [3.8, 4) is 0 Å². The van der Waals surface area contributed by atoms with Crippen LogP contribution in [0.15, 0.2) is 0 Å². The molecule has 0 aromatic carbocycles. The standard InChI is InChI=1S/C7H18O2S2Si/c1-2-7(8)9-12-6(5-11)3-4-10/h6-8,10-11H,2-5,12H2,1H3. The Hall–Kier alpha value is 0.837. The van der Waals surface area contributed by atoms with E-state index in [1.807, 2.05) is 6.92 Å². The molecule has 0 heterocycles. The van der Waals surface area contributed by atoms with Gasteiger partial charge in [-0.25, -0.2) is 0 Å². The quantitative estimate of drug-likeness (QED) is 0.341. The van der Waals surface area contributed by atoms with E-state index in [-0.39, 0.29) is 0 Å². The Labute approximate surface area is 87.8 Å². The fraction of sp³-hybridized carbons (Fsp3) is 1.00. The second-order valence-corrected chi connectivity index (χ2v) is 5.39. The van der Waals surface area contributed by atoms with Crippen molar-refractivity contribution < 1.29 is 9.53 Å². The lowest BCUT2D eigenvalue weighted by Gasteiger charge is -2.15. The van der Waals surface area contributed by atoms with E-state index in [9.17, 15) is 0 Å². The molecule has 0 saturated carbocycles. The minimum Gasteiger partial charge on any atom is -0.400 e. The van der Waals surface area contributed by atoms with Crippen LogP contribution in [0, 0.1) is 0 Å². The molecule has 2 atom stereocenters. The summed E-state index contributed by atoms with van der Waals surface area (Å²) < 4.78 is 5.31. The number of thiol groups is 2. The molecular weight excluding hydrogens is 208 g/mol. The van der Waals surface area contributed by atoms with E-state index >= 15 is 0 Å². The molecule has 2 unspecified atom stereocenters. The average Bonchev–Trinajstić information content (AvgIpc) is 2.11. The Morgan fingerprint density at radius 1 is 1.50 bits per heavy atom. The van der Waals surface area contributed by atoms with E-state index in [0.717, 1.165) is 17.9 Å². The summed E-state index contributed by atoms with van der Waals surface area (Å²) in [6.07, 6.45) is 1.17. The smallest absolute Gasteiger partial charge is 0.168 e. The fourth-order valence-electron chi connectivity index (χ4n) is 0.775. The molecule has 0 saturated heterocycles. The van der Waals surface area contributed by atoms with Crippen LogP contribution in [-0.2, 0) is 4.43 Å². The van der Waals surface area contributed by atoms with Gasteiger partial charge < -0.3 is 9.53 Å². The van der Waals surface area contributed by atoms with Gasteiger partial charge in [-0.2, -0.15) is 25.3 Å². The molecule has 5 heteroatoms. The summed E-state index contributed by atoms with van der Waals surface area (Å²) in [6, 6.07) is 0. The van der Waals surface area contributed by atoms with Crippen molar-refractivity contribution in [3.05, 3.63) is 0 Å². The van der Waals surface area contributed by atoms with Gasteiger partial charge in [0.05, 0.1) is 0 Å². The maximum atomic E-state index is 9.14. The highest BCUT2D eigenvalue weighted by Crippen LogP contribution is 2.13. The van der Waals surface area contributed by atoms with Crippen LogP contribution in [0.2, 0.25) is 5.54 Å². The summed E-state index contributed by atoms with van der Waals surface area (Å²) >= 11 is 8.37. The SMILES string of the molecule is CCC(O)O[SiH2]C(CS)CCS. The minimum absolute atomic E-state index is 0.548. The minimum atomic E-state index is -0.619. The molecule has 0 bridgehead atoms. The molecule has 74 valence electrons. The van der Waals surface area contributed by atoms with Crippen LogP contribution in [-0.4, -0.2) is 32.7 Å². The first-order valence-corrected chi connectivity index (χ1v) is 6.91. The zero-order chi connectivity index (χ0) is 9.40. The van der Waals surface area contributed by atoms with E-state index < -0.39 is 16.1 Å². The van der Waals surface area contributed by atoms with Gasteiger partial charge in [-0.3, -0.25) is 0 Å². The molecule has 12 heavy (non-hydrogen) atoms. The van der Waals surface area contributed by atoms with E-state index in [1.54, 1.807) is 0 Å². The third-order valence-corrected chi connectivity index (χ3v) is 4.68. The first kappa shape index (κ1) is 12.8. The summed E-state index contributed by atoms with van der Waals surface area (Å²) in [5.74, 6) is 1.73. The van der Waals surface area contributed by atoms with Crippen LogP contribution in [0.4, 0.5) is 0 Å². The maximum Gasteiger partial charge on any atom is 0.168 e. The molecule has 2 nitrogen and oxygen atoms in total. The van der Waals surface area contributed by atoms with Crippen molar-refractivity contribution in [3.63, 3.8) is 0 Å². The lowest BCUT2D eigenvalue weighted by molar-refractivity contribution is -0.0185. The van der Waals surface area contributed by atoms with Gasteiger partial charge in [0.25, 0.3) is 0 Å². The van der Waals surface area contributed by atoms with Crippen LogP contribution in [0.5, 0.6) is 0 Å². The monoisotopic (exact) mass is 226 g/mol. The van der Waals surface area contributed by atoms with Crippen LogP contribution < -0.4 is 0 Å². The van der Waals surface area contributed by atoms with Crippen molar-refractivity contribution in [1.29, 1.82) is 0 Å². The molecule has 0 amide bonds. The molecular formula is C7H18O2S2Si. The van der Waals surface area contributed by atoms with Gasteiger partial charge in [0.1, 0.15) is 6.29 Å². The third kappa shape index (κ3) is 6.36. The summed E-state index contributed by atoms with van der Waals surface area (Å²) in [5.41, 5.74) is 0.548. The summed E-state index contributed by atoms with van der Waals surface area (Å²) in [7, 11) is -0.619. The molecule has 0 fully saturated rings. The average molecular weight is 226 g/mol. The Bertz CT molecular complexity index is 105. The maximum absolute atomic E-state index is 9.14. The van der Waals surface area contributed by atoms with Crippen molar-refractivity contribution in [1.82, 2.24) is 0 Å². The molecule has 0 radical (unpaired) electrons. The van der Waals surface area contributed by atoms with Crippen LogP contribution in [0.25, 0.3) is 0 Å². The normalized spacial score (nSPS) is 17.0. The number of aliphatic hydroxyl groups excluding tert-OH is 1. The van der Waals surface area contributed by atoms with E-state index in [1.165, 1.54) is 0 Å². The Kier molecular flexibility index (Phi) is 9.02. The van der Waals surface area contributed by atoms with Crippen molar-refractivity contribution >= 4 is 35.0 Å². The lowest BCUT2D eigenvalue weighted by atomic mass is 10.4. The zero-order valence-corrected chi connectivity index (χ0v) is 10.6. The second kappa shape index (κ2) is 8.44. The van der Waals surface area contributed by atoms with Gasteiger partial charge in [0.2, 0.25) is 0 Å². The van der Waals surface area contributed by atoms with Gasteiger partial charge in [-0.1, -0.05) is 6.92 Å². The Morgan fingerprint density at radius 2 is 2.17 bits per heavy atom. The van der Waals surface area contributed by atoms with E-state index in [0.29, 0.717) is 12.0 Å². The molecule has 0 aromatic heterocycles. The van der Waals surface area contributed by atoms with Gasteiger partial charge in [0, 0.05) is 0 Å². The van der Waals surface area contributed by atoms with Crippen LogP contribution in [0.3, 0.4) is 0 Å². The summed E-state index contributed by atoms with van der Waals surface area (Å²) in [5, 5.41) is 9.14. The molecule has 0 aliphatic heterocycles. The predicted octanol–water partition coefficient (Wildman–Crippen LogP) is 0.853. The molecule has 1 N–H and O–H groups in total. The number of hydrogen-bond donors (Lipinski definition) is 3. The highest BCUT2D eigenvalue weighted by Gasteiger charge is 2.09. The zero-order valence-electron chi connectivity index (χ0n) is 7.44.